The molecule has 3 aromatic rings. The number of carbonyl (C=O) groups excluding carboxylic acids is 8. The molecule has 390 valence electrons. The molecule has 0 fully saturated rings. The quantitative estimate of drug-likeness (QED) is 0.154. The van der Waals surface area contributed by atoms with E-state index in [4.69, 9.17) is 18.9 Å². The summed E-state index contributed by atoms with van der Waals surface area (Å²) in [5.74, 6) is -3.77. The molecule has 0 unspecified atom stereocenters. The molecule has 20 heteroatoms. The molecule has 0 radical (unpaired) electrons. The molecule has 4 aliphatic heterocycles. The van der Waals surface area contributed by atoms with Crippen molar-refractivity contribution in [2.24, 2.45) is 0 Å². The van der Waals surface area contributed by atoms with Crippen molar-refractivity contribution in [2.45, 2.75) is 164 Å². The van der Waals surface area contributed by atoms with Gasteiger partial charge in [-0.05, 0) is 134 Å². The highest BCUT2D eigenvalue weighted by atomic mass is 32.1. The second-order valence-electron chi connectivity index (χ2n) is 23.1. The maximum absolute atomic E-state index is 15.5. The van der Waals surface area contributed by atoms with E-state index in [1.54, 1.807) is 124 Å². The highest BCUT2D eigenvalue weighted by Crippen LogP contribution is 2.54. The summed E-state index contributed by atoms with van der Waals surface area (Å²) >= 11 is 3.29. The number of rotatable bonds is 8. The van der Waals surface area contributed by atoms with Gasteiger partial charge in [-0.15, -0.1) is 34.0 Å². The lowest BCUT2D eigenvalue weighted by molar-refractivity contribution is -0.123. The molecule has 8 amide bonds. The first-order valence-electron chi connectivity index (χ1n) is 24.1. The lowest BCUT2D eigenvalue weighted by Crippen LogP contribution is -2.56. The maximum atomic E-state index is 15.5. The van der Waals surface area contributed by atoms with Crippen LogP contribution in [0.2, 0.25) is 16.6 Å². The first-order chi connectivity index (χ1) is 33.6. The Morgan fingerprint density at radius 2 is 0.726 bits per heavy atom. The Morgan fingerprint density at radius 3 is 0.986 bits per heavy atom. The number of nitrogens with zero attached hydrogens (tertiary/aromatic N) is 4. The summed E-state index contributed by atoms with van der Waals surface area (Å²) in [4.78, 5) is 124. The zero-order chi connectivity index (χ0) is 54.6. The number of imide groups is 4. The second kappa shape index (κ2) is 18.8. The molecule has 7 rings (SSSR count). The molecule has 0 saturated heterocycles. The standard InChI is InChI=1S/C53H64N4O12S3Si/c1-26(2)73(27(3)4,28(5)6)32-25-31(39-34-33(42(58)56(39)48(64)68-52(13,14)15)37(29-21-19-23-70-29)54(43(34)59)46(62)66-50(7,8)9)72-41(32)40-36-35(44(60)57(40)49(65)69-53(16,17)18)38(30-22-20-24-71-30)55(45(36)61)47(63)67-51(10,11)12/h19-28H,1-18H3. The Kier molecular flexibility index (Phi) is 14.1. The monoisotopic (exact) mass is 1070 g/mol. The van der Waals surface area contributed by atoms with Crippen LogP contribution >= 0.6 is 34.0 Å². The van der Waals surface area contributed by atoms with E-state index in [-0.39, 0.29) is 71.5 Å². The topological polar surface area (TPSA) is 186 Å². The number of amides is 8. The molecule has 73 heavy (non-hydrogen) atoms. The molecule has 0 atom stereocenters. The van der Waals surface area contributed by atoms with Gasteiger partial charge >= 0.3 is 24.4 Å². The minimum absolute atomic E-state index is 0.0756. The van der Waals surface area contributed by atoms with E-state index in [1.807, 2.05) is 0 Å². The largest absolute Gasteiger partial charge is 0.443 e. The number of ether oxygens (including phenoxy) is 4. The smallest absolute Gasteiger partial charge is 0.422 e. The molecule has 0 saturated carbocycles. The van der Waals surface area contributed by atoms with Crippen LogP contribution in [0.1, 0.15) is 144 Å². The average Bonchev–Trinajstić information content (AvgIpc) is 4.07. The van der Waals surface area contributed by atoms with Crippen molar-refractivity contribution >= 4 is 118 Å². The molecule has 0 spiro atoms. The number of carbonyl (C=O) groups is 8. The van der Waals surface area contributed by atoms with Gasteiger partial charge < -0.3 is 18.9 Å². The van der Waals surface area contributed by atoms with E-state index in [9.17, 15) is 19.2 Å². The third kappa shape index (κ3) is 9.59. The van der Waals surface area contributed by atoms with Gasteiger partial charge in [0, 0.05) is 0 Å². The zero-order valence-corrected chi connectivity index (χ0v) is 48.1. The maximum Gasteiger partial charge on any atom is 0.422 e. The third-order valence-corrected chi connectivity index (χ3v) is 22.5. The highest BCUT2D eigenvalue weighted by molar-refractivity contribution is 7.17. The summed E-state index contributed by atoms with van der Waals surface area (Å²) in [6.45, 7) is 32.2. The van der Waals surface area contributed by atoms with Gasteiger partial charge in [0.2, 0.25) is 0 Å². The van der Waals surface area contributed by atoms with E-state index in [0.29, 0.717) is 14.9 Å². The first-order valence-corrected chi connectivity index (χ1v) is 28.9. The van der Waals surface area contributed by atoms with Crippen LogP contribution in [0.15, 0.2) is 63.4 Å². The van der Waals surface area contributed by atoms with Crippen LogP contribution in [0.25, 0.3) is 22.8 Å². The van der Waals surface area contributed by atoms with Gasteiger partial charge in [0.05, 0.1) is 72.7 Å². The highest BCUT2D eigenvalue weighted by Gasteiger charge is 2.59. The SMILES string of the molecule is CC(C)[Si](c1cc(C2=C3C(=O)N(C(=O)OC(C)(C)C)C(c4cccs4)=C3C(=O)N2C(=O)OC(C)(C)C)sc1C1=C2C(=O)N(C(=O)OC(C)(C)C)C(c3cccs3)=C2C(=O)N1C(=O)OC(C)(C)C)(C(C)C)C(C)C. The lowest BCUT2D eigenvalue weighted by Gasteiger charge is -2.44. The summed E-state index contributed by atoms with van der Waals surface area (Å²) in [6.07, 6.45) is -4.31. The summed E-state index contributed by atoms with van der Waals surface area (Å²) in [6, 6.07) is 8.47. The van der Waals surface area contributed by atoms with E-state index >= 15 is 19.2 Å². The fourth-order valence-corrected chi connectivity index (χ4v) is 20.5. The van der Waals surface area contributed by atoms with Crippen LogP contribution < -0.4 is 5.19 Å². The van der Waals surface area contributed by atoms with E-state index < -0.39 is 78.5 Å². The molecular weight excluding hydrogens is 1010 g/mol. The predicted molar refractivity (Wildman–Crippen MR) is 284 cm³/mol. The molecular formula is C53H64N4O12S3Si. The summed E-state index contributed by atoms with van der Waals surface area (Å²) in [5.41, 5.74) is -6.23. The fraction of sp³-hybridized carbons (Fsp3) is 0.472. The van der Waals surface area contributed by atoms with Crippen LogP contribution in [0.4, 0.5) is 19.2 Å². The van der Waals surface area contributed by atoms with Gasteiger partial charge in [0.1, 0.15) is 22.4 Å². The van der Waals surface area contributed by atoms with E-state index in [2.05, 4.69) is 41.5 Å². The fourth-order valence-electron chi connectivity index (χ4n) is 10.2. The number of thiophene rings is 3. The first kappa shape index (κ1) is 54.8. The van der Waals surface area contributed by atoms with Crippen LogP contribution in [0.5, 0.6) is 0 Å². The van der Waals surface area contributed by atoms with Crippen molar-refractivity contribution < 1.29 is 57.3 Å². The Bertz CT molecular complexity index is 2980. The van der Waals surface area contributed by atoms with Gasteiger partial charge in [-0.25, -0.2) is 38.8 Å². The van der Waals surface area contributed by atoms with Gasteiger partial charge in [0.15, 0.2) is 0 Å². The van der Waals surface area contributed by atoms with Crippen LogP contribution in [-0.4, -0.2) is 98.1 Å². The van der Waals surface area contributed by atoms with Crippen LogP contribution in [-0.2, 0) is 38.1 Å². The molecule has 4 aliphatic rings. The van der Waals surface area contributed by atoms with Gasteiger partial charge in [-0.3, -0.25) is 19.2 Å². The van der Waals surface area contributed by atoms with Gasteiger partial charge in [-0.1, -0.05) is 53.7 Å². The molecule has 3 aromatic heterocycles. The Labute approximate surface area is 439 Å². The minimum Gasteiger partial charge on any atom is -0.443 e. The lowest BCUT2D eigenvalue weighted by atomic mass is 10.1. The van der Waals surface area contributed by atoms with Crippen molar-refractivity contribution in [2.75, 3.05) is 0 Å². The summed E-state index contributed by atoms with van der Waals surface area (Å²) in [5, 5.41) is 4.07. The number of hydrogen-bond donors (Lipinski definition) is 0. The Morgan fingerprint density at radius 1 is 0.452 bits per heavy atom. The number of fused-ring (bicyclic) bond motifs is 2. The third-order valence-electron chi connectivity index (χ3n) is 12.3. The van der Waals surface area contributed by atoms with Crippen molar-refractivity contribution in [3.05, 3.63) is 82.9 Å². The van der Waals surface area contributed by atoms with Crippen molar-refractivity contribution in [3.8, 4) is 0 Å². The molecule has 0 N–H and O–H groups in total. The van der Waals surface area contributed by atoms with Crippen molar-refractivity contribution in [3.63, 3.8) is 0 Å². The van der Waals surface area contributed by atoms with E-state index in [1.165, 1.54) is 11.3 Å². The molecule has 7 heterocycles. The van der Waals surface area contributed by atoms with Gasteiger partial charge in [0.25, 0.3) is 23.6 Å². The van der Waals surface area contributed by atoms with Crippen LogP contribution in [0, 0.1) is 0 Å². The number of hydrogen-bond acceptors (Lipinski definition) is 15. The van der Waals surface area contributed by atoms with Crippen molar-refractivity contribution in [1.82, 2.24) is 19.6 Å². The van der Waals surface area contributed by atoms with Crippen LogP contribution in [0.3, 0.4) is 0 Å². The second-order valence-corrected chi connectivity index (χ2v) is 31.9. The predicted octanol–water partition coefficient (Wildman–Crippen LogP) is 12.1. The minimum atomic E-state index is -3.12. The molecule has 0 aromatic carbocycles. The molecule has 0 aliphatic carbocycles. The Hall–Kier alpha value is -5.96. The average molecular weight is 1070 g/mol. The van der Waals surface area contributed by atoms with E-state index in [0.717, 1.165) is 42.3 Å². The van der Waals surface area contributed by atoms with Crippen molar-refractivity contribution in [1.29, 1.82) is 0 Å². The molecule has 0 bridgehead atoms. The normalized spacial score (nSPS) is 17.0. The van der Waals surface area contributed by atoms with Gasteiger partial charge in [-0.2, -0.15) is 0 Å². The Balaban J connectivity index is 1.68. The molecule has 16 nitrogen and oxygen atoms in total. The summed E-state index contributed by atoms with van der Waals surface area (Å²) in [7, 11) is -3.12. The summed E-state index contributed by atoms with van der Waals surface area (Å²) < 4.78 is 23.5. The zero-order valence-electron chi connectivity index (χ0n) is 44.7.